The number of hydrogen-bond donors (Lipinski definition) is 1. The van der Waals surface area contributed by atoms with Gasteiger partial charge in [0.25, 0.3) is 0 Å². The number of pyridine rings is 1. The van der Waals surface area contributed by atoms with Crippen LogP contribution in [-0.4, -0.2) is 18.1 Å². The van der Waals surface area contributed by atoms with Crippen molar-refractivity contribution >= 4 is 10.9 Å². The molecule has 2 aromatic rings. The zero-order chi connectivity index (χ0) is 13.5. The molecule has 0 bridgehead atoms. The zero-order valence-electron chi connectivity index (χ0n) is 11.7. The summed E-state index contributed by atoms with van der Waals surface area (Å²) in [5, 5.41) is 4.68. The minimum atomic E-state index is 0.453. The summed E-state index contributed by atoms with van der Waals surface area (Å²) in [5.74, 6) is 0.839. The van der Waals surface area contributed by atoms with E-state index in [-0.39, 0.29) is 0 Å². The van der Waals surface area contributed by atoms with Gasteiger partial charge >= 0.3 is 0 Å². The number of hydrogen-bond acceptors (Lipinski definition) is 3. The minimum absolute atomic E-state index is 0.453. The second-order valence-electron chi connectivity index (χ2n) is 5.96. The highest BCUT2D eigenvalue weighted by Gasteiger charge is 2.45. The van der Waals surface area contributed by atoms with Crippen LogP contribution in [0.2, 0.25) is 0 Å². The van der Waals surface area contributed by atoms with Gasteiger partial charge in [0.05, 0.1) is 12.8 Å². The van der Waals surface area contributed by atoms with Crippen LogP contribution < -0.4 is 10.1 Å². The molecule has 1 saturated carbocycles. The Balaban J connectivity index is 1.81. The van der Waals surface area contributed by atoms with Gasteiger partial charge in [-0.15, -0.1) is 0 Å². The van der Waals surface area contributed by atoms with Gasteiger partial charge in [-0.3, -0.25) is 0 Å². The van der Waals surface area contributed by atoms with Gasteiger partial charge in [0.2, 0.25) is 0 Å². The third-order valence-electron chi connectivity index (χ3n) is 4.00. The fourth-order valence-corrected chi connectivity index (χ4v) is 2.47. The number of ether oxygens (including phenoxy) is 1. The molecule has 0 aliphatic heterocycles. The first-order valence-electron chi connectivity index (χ1n) is 6.76. The van der Waals surface area contributed by atoms with Crippen molar-refractivity contribution in [1.82, 2.24) is 10.3 Å². The maximum atomic E-state index is 5.37. The Morgan fingerprint density at radius 3 is 2.79 bits per heavy atom. The molecule has 3 nitrogen and oxygen atoms in total. The van der Waals surface area contributed by atoms with Crippen LogP contribution in [0.15, 0.2) is 30.3 Å². The standard InChI is InChI=1S/C16H20N2O/c1-16(2)9-14(16)17-10-12-8-7-11-5-4-6-13(19-3)15(11)18-12/h4-8,14,17H,9-10H2,1-3H3. The van der Waals surface area contributed by atoms with Crippen molar-refractivity contribution in [2.75, 3.05) is 7.11 Å². The van der Waals surface area contributed by atoms with Crippen molar-refractivity contribution in [2.45, 2.75) is 32.9 Å². The molecule has 1 aromatic heterocycles. The van der Waals surface area contributed by atoms with Crippen LogP contribution in [0.25, 0.3) is 10.9 Å². The molecule has 1 aromatic carbocycles. The van der Waals surface area contributed by atoms with Gasteiger partial charge in [0, 0.05) is 18.0 Å². The number of rotatable bonds is 4. The summed E-state index contributed by atoms with van der Waals surface area (Å²) in [6, 6.07) is 10.8. The van der Waals surface area contributed by atoms with E-state index in [4.69, 9.17) is 9.72 Å². The Hall–Kier alpha value is -1.61. The largest absolute Gasteiger partial charge is 0.494 e. The van der Waals surface area contributed by atoms with Gasteiger partial charge < -0.3 is 10.1 Å². The number of para-hydroxylation sites is 1. The topological polar surface area (TPSA) is 34.1 Å². The number of nitrogens with one attached hydrogen (secondary N) is 1. The van der Waals surface area contributed by atoms with Gasteiger partial charge in [-0.25, -0.2) is 4.98 Å². The van der Waals surface area contributed by atoms with E-state index in [2.05, 4.69) is 37.4 Å². The van der Waals surface area contributed by atoms with Crippen molar-refractivity contribution in [1.29, 1.82) is 0 Å². The van der Waals surface area contributed by atoms with Gasteiger partial charge in [-0.05, 0) is 24.0 Å². The minimum Gasteiger partial charge on any atom is -0.494 e. The highest BCUT2D eigenvalue weighted by Crippen LogP contribution is 2.44. The van der Waals surface area contributed by atoms with Crippen LogP contribution in [0, 0.1) is 5.41 Å². The molecule has 0 spiro atoms. The molecule has 1 N–H and O–H groups in total. The number of methoxy groups -OCH3 is 1. The second kappa shape index (κ2) is 4.49. The lowest BCUT2D eigenvalue weighted by atomic mass is 10.1. The van der Waals surface area contributed by atoms with Crippen LogP contribution in [0.5, 0.6) is 5.75 Å². The highest BCUT2D eigenvalue weighted by atomic mass is 16.5. The molecule has 3 rings (SSSR count). The van der Waals surface area contributed by atoms with E-state index in [1.807, 2.05) is 12.1 Å². The van der Waals surface area contributed by atoms with E-state index in [1.54, 1.807) is 7.11 Å². The van der Waals surface area contributed by atoms with Crippen molar-refractivity contribution in [3.05, 3.63) is 36.0 Å². The quantitative estimate of drug-likeness (QED) is 0.912. The first-order valence-corrected chi connectivity index (χ1v) is 6.76. The number of fused-ring (bicyclic) bond motifs is 1. The highest BCUT2D eigenvalue weighted by molar-refractivity contribution is 5.84. The summed E-state index contributed by atoms with van der Waals surface area (Å²) in [7, 11) is 1.69. The van der Waals surface area contributed by atoms with E-state index in [9.17, 15) is 0 Å². The van der Waals surface area contributed by atoms with E-state index in [0.717, 1.165) is 28.9 Å². The molecule has 1 unspecified atom stereocenters. The van der Waals surface area contributed by atoms with Crippen molar-refractivity contribution in [3.8, 4) is 5.75 Å². The normalized spacial score (nSPS) is 20.5. The summed E-state index contributed by atoms with van der Waals surface area (Å²) in [5.41, 5.74) is 2.47. The predicted octanol–water partition coefficient (Wildman–Crippen LogP) is 3.13. The zero-order valence-corrected chi connectivity index (χ0v) is 11.7. The van der Waals surface area contributed by atoms with E-state index in [1.165, 1.54) is 6.42 Å². The van der Waals surface area contributed by atoms with Gasteiger partial charge in [0.15, 0.2) is 0 Å². The SMILES string of the molecule is COc1cccc2ccc(CNC3CC3(C)C)nc12. The van der Waals surface area contributed by atoms with Gasteiger partial charge in [-0.2, -0.15) is 0 Å². The van der Waals surface area contributed by atoms with Crippen LogP contribution >= 0.6 is 0 Å². The summed E-state index contributed by atoms with van der Waals surface area (Å²) < 4.78 is 5.37. The van der Waals surface area contributed by atoms with Crippen LogP contribution in [-0.2, 0) is 6.54 Å². The van der Waals surface area contributed by atoms with Crippen molar-refractivity contribution < 1.29 is 4.74 Å². The molecule has 100 valence electrons. The molecule has 0 saturated heterocycles. The molecule has 0 amide bonds. The van der Waals surface area contributed by atoms with Crippen LogP contribution in [0.3, 0.4) is 0 Å². The van der Waals surface area contributed by atoms with Crippen molar-refractivity contribution in [2.24, 2.45) is 5.41 Å². The van der Waals surface area contributed by atoms with E-state index >= 15 is 0 Å². The van der Waals surface area contributed by atoms with E-state index < -0.39 is 0 Å². The summed E-state index contributed by atoms with van der Waals surface area (Å²) in [6.45, 7) is 5.41. The average Bonchev–Trinajstić information content (AvgIpc) is 3.03. The Bertz CT molecular complexity index is 607. The lowest BCUT2D eigenvalue weighted by Crippen LogP contribution is -2.20. The first kappa shape index (κ1) is 12.4. The Morgan fingerprint density at radius 2 is 2.11 bits per heavy atom. The molecular formula is C16H20N2O. The smallest absolute Gasteiger partial charge is 0.145 e. The Labute approximate surface area is 114 Å². The number of nitrogens with zero attached hydrogens (tertiary/aromatic N) is 1. The molecule has 1 aliphatic rings. The Kier molecular flexibility index (Phi) is 2.94. The monoisotopic (exact) mass is 256 g/mol. The molecule has 1 aliphatic carbocycles. The molecule has 1 atom stereocenters. The fraction of sp³-hybridized carbons (Fsp3) is 0.438. The third kappa shape index (κ3) is 2.43. The molecule has 19 heavy (non-hydrogen) atoms. The lowest BCUT2D eigenvalue weighted by molar-refractivity contribution is 0.418. The predicted molar refractivity (Wildman–Crippen MR) is 77.3 cm³/mol. The maximum Gasteiger partial charge on any atom is 0.145 e. The first-order chi connectivity index (χ1) is 9.10. The lowest BCUT2D eigenvalue weighted by Gasteiger charge is -2.09. The second-order valence-corrected chi connectivity index (χ2v) is 5.96. The summed E-state index contributed by atoms with van der Waals surface area (Å²) in [4.78, 5) is 4.71. The van der Waals surface area contributed by atoms with Gasteiger partial charge in [0.1, 0.15) is 11.3 Å². The molecule has 0 radical (unpaired) electrons. The average molecular weight is 256 g/mol. The van der Waals surface area contributed by atoms with Crippen LogP contribution in [0.1, 0.15) is 26.0 Å². The Morgan fingerprint density at radius 1 is 1.32 bits per heavy atom. The molecule has 1 fully saturated rings. The summed E-state index contributed by atoms with van der Waals surface area (Å²) in [6.07, 6.45) is 1.25. The molecular weight excluding hydrogens is 236 g/mol. The third-order valence-corrected chi connectivity index (χ3v) is 4.00. The van der Waals surface area contributed by atoms with Gasteiger partial charge in [-0.1, -0.05) is 32.0 Å². The van der Waals surface area contributed by atoms with E-state index in [0.29, 0.717) is 11.5 Å². The molecule has 1 heterocycles. The van der Waals surface area contributed by atoms with Crippen molar-refractivity contribution in [3.63, 3.8) is 0 Å². The summed E-state index contributed by atoms with van der Waals surface area (Å²) >= 11 is 0. The maximum absolute atomic E-state index is 5.37. The molecule has 3 heteroatoms. The van der Waals surface area contributed by atoms with Crippen LogP contribution in [0.4, 0.5) is 0 Å². The number of benzene rings is 1. The number of aromatic nitrogens is 1. The fourth-order valence-electron chi connectivity index (χ4n) is 2.47.